The topological polar surface area (TPSA) is 52.6 Å². The molecular weight excluding hydrogens is 292 g/mol. The van der Waals surface area contributed by atoms with Crippen molar-refractivity contribution in [1.29, 1.82) is 0 Å². The summed E-state index contributed by atoms with van der Waals surface area (Å²) >= 11 is 0. The lowest BCUT2D eigenvalue weighted by molar-refractivity contribution is -0.149. The molecule has 0 saturated carbocycles. The van der Waals surface area contributed by atoms with Gasteiger partial charge in [0.1, 0.15) is 0 Å². The van der Waals surface area contributed by atoms with E-state index in [0.29, 0.717) is 32.5 Å². The van der Waals surface area contributed by atoms with Gasteiger partial charge in [0.2, 0.25) is 0 Å². The molecule has 0 N–H and O–H groups in total. The zero-order valence-corrected chi connectivity index (χ0v) is 15.4. The van der Waals surface area contributed by atoms with Crippen LogP contribution in [0.3, 0.4) is 0 Å². The third-order valence-corrected chi connectivity index (χ3v) is 4.01. The van der Waals surface area contributed by atoms with Gasteiger partial charge >= 0.3 is 11.9 Å². The first-order chi connectivity index (χ1) is 11.2. The molecule has 4 nitrogen and oxygen atoms in total. The van der Waals surface area contributed by atoms with Crippen LogP contribution >= 0.6 is 0 Å². The molecular formula is C19H36O4. The van der Waals surface area contributed by atoms with Crippen molar-refractivity contribution >= 4 is 11.9 Å². The van der Waals surface area contributed by atoms with E-state index in [0.717, 1.165) is 12.8 Å². The molecule has 0 aromatic rings. The van der Waals surface area contributed by atoms with Crippen LogP contribution in [0.1, 0.15) is 91.4 Å². The fourth-order valence-corrected chi connectivity index (χ4v) is 2.71. The fourth-order valence-electron chi connectivity index (χ4n) is 2.71. The Kier molecular flexibility index (Phi) is 15.1. The predicted molar refractivity (Wildman–Crippen MR) is 93.2 cm³/mol. The smallest absolute Gasteiger partial charge is 0.308 e. The Balaban J connectivity index is 3.96. The third kappa shape index (κ3) is 13.1. The second-order valence-corrected chi connectivity index (χ2v) is 6.06. The normalized spacial score (nSPS) is 12.0. The minimum absolute atomic E-state index is 0.0694. The van der Waals surface area contributed by atoms with Gasteiger partial charge in [-0.25, -0.2) is 0 Å². The maximum atomic E-state index is 12.0. The Labute approximate surface area is 142 Å². The molecule has 0 amide bonds. The molecule has 0 spiro atoms. The number of hydrogen-bond donors (Lipinski definition) is 0. The van der Waals surface area contributed by atoms with Gasteiger partial charge < -0.3 is 9.47 Å². The van der Waals surface area contributed by atoms with Crippen molar-refractivity contribution in [3.05, 3.63) is 0 Å². The summed E-state index contributed by atoms with van der Waals surface area (Å²) in [5.41, 5.74) is 0. The second-order valence-electron chi connectivity index (χ2n) is 6.06. The van der Waals surface area contributed by atoms with Crippen molar-refractivity contribution in [2.45, 2.75) is 91.4 Å². The van der Waals surface area contributed by atoms with E-state index in [9.17, 15) is 9.59 Å². The lowest BCUT2D eigenvalue weighted by atomic mass is 9.95. The lowest BCUT2D eigenvalue weighted by Crippen LogP contribution is -2.18. The van der Waals surface area contributed by atoms with Crippen molar-refractivity contribution in [2.75, 3.05) is 13.2 Å². The quantitative estimate of drug-likeness (QED) is 0.312. The van der Waals surface area contributed by atoms with Gasteiger partial charge in [0.15, 0.2) is 0 Å². The van der Waals surface area contributed by atoms with Crippen LogP contribution in [0.2, 0.25) is 0 Å². The first kappa shape index (κ1) is 21.9. The number of esters is 2. The van der Waals surface area contributed by atoms with Crippen molar-refractivity contribution in [2.24, 2.45) is 5.92 Å². The zero-order valence-electron chi connectivity index (χ0n) is 15.4. The summed E-state index contributed by atoms with van der Waals surface area (Å²) in [6.07, 6.45) is 11.4. The molecule has 0 aliphatic rings. The monoisotopic (exact) mass is 328 g/mol. The SMILES string of the molecule is CCCCCCCCCC(CCCC(=O)OCC)C(=O)OCC. The molecule has 0 bridgehead atoms. The van der Waals surface area contributed by atoms with Gasteiger partial charge in [0.25, 0.3) is 0 Å². The van der Waals surface area contributed by atoms with Gasteiger partial charge in [-0.1, -0.05) is 51.9 Å². The molecule has 0 rings (SSSR count). The summed E-state index contributed by atoms with van der Waals surface area (Å²) in [6.45, 7) is 6.70. The van der Waals surface area contributed by atoms with E-state index in [-0.39, 0.29) is 17.9 Å². The van der Waals surface area contributed by atoms with Gasteiger partial charge in [0.05, 0.1) is 19.1 Å². The van der Waals surface area contributed by atoms with Crippen molar-refractivity contribution in [3.8, 4) is 0 Å². The Bertz CT molecular complexity index is 302. The Hall–Kier alpha value is -1.06. The summed E-state index contributed by atoms with van der Waals surface area (Å²) in [5, 5.41) is 0. The maximum absolute atomic E-state index is 12.0. The molecule has 0 heterocycles. The number of rotatable bonds is 15. The molecule has 0 aliphatic heterocycles. The fraction of sp³-hybridized carbons (Fsp3) is 0.895. The van der Waals surface area contributed by atoms with Crippen LogP contribution in [0, 0.1) is 5.92 Å². The number of carbonyl (C=O) groups is 2. The molecule has 0 radical (unpaired) electrons. The van der Waals surface area contributed by atoms with Crippen LogP contribution in [-0.2, 0) is 19.1 Å². The van der Waals surface area contributed by atoms with Crippen LogP contribution in [0.25, 0.3) is 0 Å². The highest BCUT2D eigenvalue weighted by Gasteiger charge is 2.19. The molecule has 0 aromatic carbocycles. The molecule has 1 atom stereocenters. The summed E-state index contributed by atoms with van der Waals surface area (Å²) in [5.74, 6) is -0.353. The summed E-state index contributed by atoms with van der Waals surface area (Å²) in [6, 6.07) is 0. The number of carbonyl (C=O) groups excluding carboxylic acids is 2. The summed E-state index contributed by atoms with van der Waals surface area (Å²) in [4.78, 5) is 23.4. The highest BCUT2D eigenvalue weighted by Crippen LogP contribution is 2.20. The molecule has 1 unspecified atom stereocenters. The van der Waals surface area contributed by atoms with E-state index in [1.807, 2.05) is 6.92 Å². The van der Waals surface area contributed by atoms with E-state index < -0.39 is 0 Å². The highest BCUT2D eigenvalue weighted by atomic mass is 16.5. The first-order valence-corrected chi connectivity index (χ1v) is 9.47. The van der Waals surface area contributed by atoms with Gasteiger partial charge in [-0.05, 0) is 33.1 Å². The molecule has 23 heavy (non-hydrogen) atoms. The Morgan fingerprint density at radius 2 is 1.30 bits per heavy atom. The van der Waals surface area contributed by atoms with Crippen molar-refractivity contribution in [3.63, 3.8) is 0 Å². The largest absolute Gasteiger partial charge is 0.466 e. The molecule has 4 heteroatoms. The number of ether oxygens (including phenoxy) is 2. The van der Waals surface area contributed by atoms with E-state index in [4.69, 9.17) is 9.47 Å². The standard InChI is InChI=1S/C19H36O4/c1-4-7-8-9-10-11-12-14-17(19(21)23-6-3)15-13-16-18(20)22-5-2/h17H,4-16H2,1-3H3. The average molecular weight is 328 g/mol. The van der Waals surface area contributed by atoms with E-state index >= 15 is 0 Å². The van der Waals surface area contributed by atoms with Crippen LogP contribution in [-0.4, -0.2) is 25.2 Å². The van der Waals surface area contributed by atoms with Crippen molar-refractivity contribution in [1.82, 2.24) is 0 Å². The van der Waals surface area contributed by atoms with Crippen LogP contribution in [0.4, 0.5) is 0 Å². The van der Waals surface area contributed by atoms with Gasteiger partial charge in [0, 0.05) is 6.42 Å². The number of hydrogen-bond acceptors (Lipinski definition) is 4. The van der Waals surface area contributed by atoms with E-state index in [2.05, 4.69) is 6.92 Å². The number of unbranched alkanes of at least 4 members (excludes halogenated alkanes) is 6. The minimum atomic E-state index is -0.175. The lowest BCUT2D eigenvalue weighted by Gasteiger charge is -2.15. The van der Waals surface area contributed by atoms with Crippen LogP contribution in [0.15, 0.2) is 0 Å². The summed E-state index contributed by atoms with van der Waals surface area (Å²) in [7, 11) is 0. The minimum Gasteiger partial charge on any atom is -0.466 e. The Morgan fingerprint density at radius 3 is 1.91 bits per heavy atom. The van der Waals surface area contributed by atoms with Crippen LogP contribution < -0.4 is 0 Å². The van der Waals surface area contributed by atoms with Crippen LogP contribution in [0.5, 0.6) is 0 Å². The first-order valence-electron chi connectivity index (χ1n) is 9.47. The predicted octanol–water partition coefficient (Wildman–Crippen LogP) is 5.04. The molecule has 136 valence electrons. The van der Waals surface area contributed by atoms with E-state index in [1.165, 1.54) is 38.5 Å². The summed E-state index contributed by atoms with van der Waals surface area (Å²) < 4.78 is 10.1. The van der Waals surface area contributed by atoms with Gasteiger partial charge in [-0.3, -0.25) is 9.59 Å². The van der Waals surface area contributed by atoms with Gasteiger partial charge in [-0.2, -0.15) is 0 Å². The van der Waals surface area contributed by atoms with Gasteiger partial charge in [-0.15, -0.1) is 0 Å². The molecule has 0 saturated heterocycles. The maximum Gasteiger partial charge on any atom is 0.308 e. The van der Waals surface area contributed by atoms with Crippen molar-refractivity contribution < 1.29 is 19.1 Å². The van der Waals surface area contributed by atoms with E-state index in [1.54, 1.807) is 6.92 Å². The highest BCUT2D eigenvalue weighted by molar-refractivity contribution is 5.72. The average Bonchev–Trinajstić information content (AvgIpc) is 2.52. The second kappa shape index (κ2) is 15.8. The molecule has 0 aromatic heterocycles. The zero-order chi connectivity index (χ0) is 17.3. The Morgan fingerprint density at radius 1 is 0.739 bits per heavy atom. The molecule has 0 aliphatic carbocycles. The molecule has 0 fully saturated rings. The third-order valence-electron chi connectivity index (χ3n) is 4.01.